The summed E-state index contributed by atoms with van der Waals surface area (Å²) in [6, 6.07) is 13.8. The molecule has 0 radical (unpaired) electrons. The van der Waals surface area contributed by atoms with E-state index < -0.39 is 0 Å². The Morgan fingerprint density at radius 1 is 1.00 bits per heavy atom. The third kappa shape index (κ3) is 7.00. The Morgan fingerprint density at radius 2 is 1.77 bits per heavy atom. The lowest BCUT2D eigenvalue weighted by Gasteiger charge is -2.29. The molecule has 2 heterocycles. The van der Waals surface area contributed by atoms with Gasteiger partial charge in [0.1, 0.15) is 18.8 Å². The number of hydrogen-bond donors (Lipinski definition) is 1. The maximum atomic E-state index is 13.1. The molecule has 1 aromatic heterocycles. The highest BCUT2D eigenvalue weighted by molar-refractivity contribution is 5.83. The molecule has 2 aromatic rings. The number of hydrogen-bond acceptors (Lipinski definition) is 4. The van der Waals surface area contributed by atoms with Crippen molar-refractivity contribution in [3.63, 3.8) is 0 Å². The zero-order valence-corrected chi connectivity index (χ0v) is 17.7. The van der Waals surface area contributed by atoms with E-state index in [1.807, 2.05) is 30.3 Å². The summed E-state index contributed by atoms with van der Waals surface area (Å²) in [6.45, 7) is 7.40. The molecule has 0 spiro atoms. The lowest BCUT2D eigenvalue weighted by molar-refractivity contribution is -0.907. The maximum absolute atomic E-state index is 13.1. The highest BCUT2D eigenvalue weighted by Crippen LogP contribution is 2.09. The van der Waals surface area contributed by atoms with Crippen molar-refractivity contribution in [1.82, 2.24) is 9.80 Å². The Kier molecular flexibility index (Phi) is 8.47. The molecule has 0 atom stereocenters. The number of amides is 2. The Labute approximate surface area is 178 Å². The molecule has 3 rings (SSSR count). The van der Waals surface area contributed by atoms with Crippen LogP contribution >= 0.6 is 0 Å². The molecule has 0 bridgehead atoms. The summed E-state index contributed by atoms with van der Waals surface area (Å²) in [6.07, 6.45) is 2.37. The van der Waals surface area contributed by atoms with Crippen molar-refractivity contribution in [2.45, 2.75) is 19.9 Å². The third-order valence-corrected chi connectivity index (χ3v) is 5.50. The van der Waals surface area contributed by atoms with E-state index in [1.165, 1.54) is 17.4 Å². The monoisotopic (exact) mass is 414 g/mol. The van der Waals surface area contributed by atoms with Crippen LogP contribution in [0.5, 0.6) is 0 Å². The first kappa shape index (κ1) is 22.1. The van der Waals surface area contributed by atoms with Crippen LogP contribution in [0.3, 0.4) is 0 Å². The van der Waals surface area contributed by atoms with Crippen LogP contribution in [0.4, 0.5) is 0 Å². The molecule has 7 heteroatoms. The van der Waals surface area contributed by atoms with Crippen molar-refractivity contribution < 1.29 is 23.6 Å². The van der Waals surface area contributed by atoms with Crippen LogP contribution < -0.4 is 4.90 Å². The van der Waals surface area contributed by atoms with Crippen LogP contribution in [0, 0.1) is 0 Å². The highest BCUT2D eigenvalue weighted by Gasteiger charge is 2.22. The number of morpholine rings is 1. The molecule has 1 aromatic carbocycles. The number of rotatable bonds is 10. The molecule has 1 aliphatic heterocycles. The van der Waals surface area contributed by atoms with Gasteiger partial charge in [-0.15, -0.1) is 0 Å². The molecular weight excluding hydrogens is 382 g/mol. The van der Waals surface area contributed by atoms with E-state index in [1.54, 1.807) is 16.1 Å². The first-order valence-electron chi connectivity index (χ1n) is 10.6. The van der Waals surface area contributed by atoms with Gasteiger partial charge in [-0.05, 0) is 24.1 Å². The molecular formula is C23H32N3O4+. The van der Waals surface area contributed by atoms with Gasteiger partial charge in [-0.25, -0.2) is 0 Å². The molecule has 2 amide bonds. The fourth-order valence-corrected chi connectivity index (χ4v) is 3.61. The van der Waals surface area contributed by atoms with E-state index in [0.717, 1.165) is 45.0 Å². The Morgan fingerprint density at radius 3 is 2.43 bits per heavy atom. The lowest BCUT2D eigenvalue weighted by atomic mass is 10.1. The van der Waals surface area contributed by atoms with E-state index >= 15 is 0 Å². The van der Waals surface area contributed by atoms with Gasteiger partial charge in [-0.2, -0.15) is 0 Å². The summed E-state index contributed by atoms with van der Waals surface area (Å²) in [7, 11) is 0. The average Bonchev–Trinajstić information content (AvgIpc) is 3.28. The number of carbonyl (C=O) groups is 2. The first-order valence-corrected chi connectivity index (χ1v) is 10.6. The molecule has 0 unspecified atom stereocenters. The van der Waals surface area contributed by atoms with Gasteiger partial charge >= 0.3 is 0 Å². The number of nitrogens with one attached hydrogen (secondary N) is 1. The maximum Gasteiger partial charge on any atom is 0.242 e. The molecule has 1 fully saturated rings. The summed E-state index contributed by atoms with van der Waals surface area (Å²) in [5.74, 6) is 0.607. The molecule has 7 nitrogen and oxygen atoms in total. The standard InChI is InChI=1S/C23H31N3O4/c1-20(27)25(12-11-24-13-16-29-17-14-24)19-23(28)26(18-22-8-5-15-30-22)10-9-21-6-3-2-4-7-21/h2-8,15H,9-14,16-19H2,1H3/p+1. The SMILES string of the molecule is CC(=O)N(CC[NH+]1CCOCC1)CC(=O)N(CCc1ccccc1)Cc1ccco1. The van der Waals surface area contributed by atoms with Crippen molar-refractivity contribution in [3.8, 4) is 0 Å². The van der Waals surface area contributed by atoms with Gasteiger partial charge in [-0.1, -0.05) is 30.3 Å². The van der Waals surface area contributed by atoms with Gasteiger partial charge in [0.25, 0.3) is 0 Å². The summed E-state index contributed by atoms with van der Waals surface area (Å²) < 4.78 is 10.8. The number of furan rings is 1. The topological polar surface area (TPSA) is 67.4 Å². The highest BCUT2D eigenvalue weighted by atomic mass is 16.5. The number of carbonyl (C=O) groups excluding carboxylic acids is 2. The fraction of sp³-hybridized carbons (Fsp3) is 0.478. The van der Waals surface area contributed by atoms with Crippen LogP contribution in [0.1, 0.15) is 18.2 Å². The fourth-order valence-electron chi connectivity index (χ4n) is 3.61. The van der Waals surface area contributed by atoms with E-state index in [-0.39, 0.29) is 18.4 Å². The summed E-state index contributed by atoms with van der Waals surface area (Å²) >= 11 is 0. The quantitative estimate of drug-likeness (QED) is 0.619. The van der Waals surface area contributed by atoms with Crippen molar-refractivity contribution in [2.75, 3.05) is 52.5 Å². The van der Waals surface area contributed by atoms with Gasteiger partial charge < -0.3 is 23.9 Å². The van der Waals surface area contributed by atoms with Gasteiger partial charge in [0.05, 0.1) is 45.7 Å². The van der Waals surface area contributed by atoms with Gasteiger partial charge in [0.2, 0.25) is 11.8 Å². The van der Waals surface area contributed by atoms with Crippen LogP contribution in [-0.2, 0) is 27.3 Å². The largest absolute Gasteiger partial charge is 0.467 e. The van der Waals surface area contributed by atoms with E-state index in [9.17, 15) is 9.59 Å². The van der Waals surface area contributed by atoms with Crippen molar-refractivity contribution >= 4 is 11.8 Å². The number of quaternary nitrogens is 1. The van der Waals surface area contributed by atoms with Crippen molar-refractivity contribution in [3.05, 3.63) is 60.1 Å². The molecule has 0 aliphatic carbocycles. The number of nitrogens with zero attached hydrogens (tertiary/aromatic N) is 2. The lowest BCUT2D eigenvalue weighted by Crippen LogP contribution is -3.14. The Hall–Kier alpha value is -2.64. The third-order valence-electron chi connectivity index (χ3n) is 5.50. The molecule has 30 heavy (non-hydrogen) atoms. The second-order valence-electron chi connectivity index (χ2n) is 7.68. The second kappa shape index (κ2) is 11.5. The first-order chi connectivity index (χ1) is 14.6. The van der Waals surface area contributed by atoms with E-state index in [4.69, 9.17) is 9.15 Å². The molecule has 1 aliphatic rings. The minimum Gasteiger partial charge on any atom is -0.467 e. The normalized spacial score (nSPS) is 14.4. The predicted octanol–water partition coefficient (Wildman–Crippen LogP) is 0.615. The molecule has 1 saturated heterocycles. The van der Waals surface area contributed by atoms with Crippen LogP contribution in [0.2, 0.25) is 0 Å². The molecule has 1 N–H and O–H groups in total. The van der Waals surface area contributed by atoms with Crippen LogP contribution in [0.25, 0.3) is 0 Å². The summed E-state index contributed by atoms with van der Waals surface area (Å²) in [5.41, 5.74) is 1.18. The number of benzene rings is 1. The van der Waals surface area contributed by atoms with Crippen LogP contribution in [-0.4, -0.2) is 74.1 Å². The van der Waals surface area contributed by atoms with E-state index in [2.05, 4.69) is 12.1 Å². The average molecular weight is 415 g/mol. The molecule has 162 valence electrons. The van der Waals surface area contributed by atoms with Crippen molar-refractivity contribution in [1.29, 1.82) is 0 Å². The zero-order valence-electron chi connectivity index (χ0n) is 17.7. The minimum absolute atomic E-state index is 0.0606. The smallest absolute Gasteiger partial charge is 0.242 e. The number of ether oxygens (including phenoxy) is 1. The minimum atomic E-state index is -0.0722. The molecule has 0 saturated carbocycles. The van der Waals surface area contributed by atoms with Gasteiger partial charge in [-0.3, -0.25) is 9.59 Å². The summed E-state index contributed by atoms with van der Waals surface area (Å²) in [5, 5.41) is 0. The van der Waals surface area contributed by atoms with Crippen LogP contribution in [0.15, 0.2) is 53.1 Å². The van der Waals surface area contributed by atoms with Gasteiger partial charge in [0, 0.05) is 13.5 Å². The van der Waals surface area contributed by atoms with Crippen molar-refractivity contribution in [2.24, 2.45) is 0 Å². The van der Waals surface area contributed by atoms with E-state index in [0.29, 0.717) is 19.6 Å². The zero-order chi connectivity index (χ0) is 21.2. The van der Waals surface area contributed by atoms with Gasteiger partial charge in [0.15, 0.2) is 0 Å². The Bertz CT molecular complexity index is 773. The predicted molar refractivity (Wildman–Crippen MR) is 113 cm³/mol. The Balaban J connectivity index is 1.59. The summed E-state index contributed by atoms with van der Waals surface area (Å²) in [4.78, 5) is 30.1. The second-order valence-corrected chi connectivity index (χ2v) is 7.68.